The van der Waals surface area contributed by atoms with Crippen molar-refractivity contribution in [1.29, 1.82) is 0 Å². The topological polar surface area (TPSA) is 47.0 Å². The van der Waals surface area contributed by atoms with Gasteiger partial charge in [-0.15, -0.1) is 10.2 Å². The summed E-state index contributed by atoms with van der Waals surface area (Å²) in [4.78, 5) is 0. The molecule has 0 aliphatic heterocycles. The smallest absolute Gasteiger partial charge is 0.205 e. The molecule has 0 unspecified atom stereocenters. The lowest BCUT2D eigenvalue weighted by atomic mass is 10.3. The van der Waals surface area contributed by atoms with Gasteiger partial charge in [0, 0.05) is 13.1 Å². The Hall–Kier alpha value is -1.21. The number of benzene rings is 1. The van der Waals surface area contributed by atoms with Gasteiger partial charge in [0.1, 0.15) is 18.2 Å². The lowest BCUT2D eigenvalue weighted by molar-refractivity contribution is 0.301. The van der Waals surface area contributed by atoms with Crippen molar-refractivity contribution in [1.82, 2.24) is 10.2 Å². The molecule has 90 valence electrons. The highest BCUT2D eigenvalue weighted by Crippen LogP contribution is 2.26. The Kier molecular flexibility index (Phi) is 3.90. The standard InChI is InChI=1S/C10H9BrFN3OS/c1-13-10-15-14-9(17-10)5-16-8-4-6(12)2-3-7(8)11/h2-4H,5H2,1H3,(H,13,15). The van der Waals surface area contributed by atoms with Crippen LogP contribution in [0.15, 0.2) is 22.7 Å². The molecule has 2 rings (SSSR count). The van der Waals surface area contributed by atoms with E-state index in [1.54, 1.807) is 13.1 Å². The molecule has 0 saturated heterocycles. The summed E-state index contributed by atoms with van der Waals surface area (Å²) < 4.78 is 19.2. The normalized spacial score (nSPS) is 10.3. The van der Waals surface area contributed by atoms with Crippen molar-refractivity contribution >= 4 is 32.4 Å². The number of hydrogen-bond donors (Lipinski definition) is 1. The molecule has 0 spiro atoms. The zero-order valence-electron chi connectivity index (χ0n) is 8.91. The van der Waals surface area contributed by atoms with Crippen LogP contribution in [0.5, 0.6) is 5.75 Å². The second kappa shape index (κ2) is 5.42. The third-order valence-corrected chi connectivity index (χ3v) is 3.49. The molecule has 7 heteroatoms. The second-order valence-corrected chi connectivity index (χ2v) is 5.03. The van der Waals surface area contributed by atoms with E-state index in [0.29, 0.717) is 10.2 Å². The van der Waals surface area contributed by atoms with Crippen LogP contribution in [0.1, 0.15) is 5.01 Å². The zero-order chi connectivity index (χ0) is 12.3. The van der Waals surface area contributed by atoms with E-state index in [2.05, 4.69) is 31.4 Å². The Bertz CT molecular complexity index is 520. The van der Waals surface area contributed by atoms with Crippen LogP contribution < -0.4 is 10.1 Å². The fourth-order valence-electron chi connectivity index (χ4n) is 1.14. The Morgan fingerprint density at radius 1 is 1.47 bits per heavy atom. The first-order chi connectivity index (χ1) is 8.19. The van der Waals surface area contributed by atoms with Crippen LogP contribution in [0.3, 0.4) is 0 Å². The highest BCUT2D eigenvalue weighted by molar-refractivity contribution is 9.10. The molecule has 1 heterocycles. The van der Waals surface area contributed by atoms with Crippen LogP contribution in [0.2, 0.25) is 0 Å². The summed E-state index contributed by atoms with van der Waals surface area (Å²) in [5, 5.41) is 12.1. The summed E-state index contributed by atoms with van der Waals surface area (Å²) in [6.45, 7) is 0.265. The quantitative estimate of drug-likeness (QED) is 0.941. The largest absolute Gasteiger partial charge is 0.485 e. The van der Waals surface area contributed by atoms with Gasteiger partial charge in [-0.3, -0.25) is 0 Å². The first kappa shape index (κ1) is 12.3. The molecule has 0 aliphatic rings. The number of hydrogen-bond acceptors (Lipinski definition) is 5. The fourth-order valence-corrected chi connectivity index (χ4v) is 2.11. The predicted molar refractivity (Wildman–Crippen MR) is 67.9 cm³/mol. The summed E-state index contributed by atoms with van der Waals surface area (Å²) in [6, 6.07) is 4.29. The van der Waals surface area contributed by atoms with Crippen LogP contribution in [-0.4, -0.2) is 17.2 Å². The minimum absolute atomic E-state index is 0.265. The molecule has 0 bridgehead atoms. The maximum Gasteiger partial charge on any atom is 0.205 e. The minimum atomic E-state index is -0.337. The van der Waals surface area contributed by atoms with Crippen LogP contribution in [-0.2, 0) is 6.61 Å². The van der Waals surface area contributed by atoms with Gasteiger partial charge in [0.15, 0.2) is 5.01 Å². The van der Waals surface area contributed by atoms with E-state index in [4.69, 9.17) is 4.74 Å². The third-order valence-electron chi connectivity index (χ3n) is 1.93. The van der Waals surface area contributed by atoms with Gasteiger partial charge in [-0.25, -0.2) is 4.39 Å². The molecule has 0 aliphatic carbocycles. The number of halogens is 2. The molecule has 0 saturated carbocycles. The highest BCUT2D eigenvalue weighted by Gasteiger charge is 2.06. The monoisotopic (exact) mass is 317 g/mol. The lowest BCUT2D eigenvalue weighted by Gasteiger charge is -2.05. The Labute approximate surface area is 110 Å². The van der Waals surface area contributed by atoms with E-state index >= 15 is 0 Å². The molecule has 0 radical (unpaired) electrons. The molecule has 0 amide bonds. The van der Waals surface area contributed by atoms with E-state index in [0.717, 1.165) is 10.1 Å². The molecule has 2 aromatic rings. The molecule has 1 aromatic heterocycles. The fraction of sp³-hybridized carbons (Fsp3) is 0.200. The molecular formula is C10H9BrFN3OS. The van der Waals surface area contributed by atoms with Gasteiger partial charge in [0.2, 0.25) is 5.13 Å². The first-order valence-electron chi connectivity index (χ1n) is 4.77. The SMILES string of the molecule is CNc1nnc(COc2cc(F)ccc2Br)s1. The van der Waals surface area contributed by atoms with E-state index < -0.39 is 0 Å². The van der Waals surface area contributed by atoms with Crippen LogP contribution >= 0.6 is 27.3 Å². The van der Waals surface area contributed by atoms with Gasteiger partial charge in [-0.2, -0.15) is 0 Å². The van der Waals surface area contributed by atoms with E-state index in [1.807, 2.05) is 0 Å². The van der Waals surface area contributed by atoms with Crippen molar-refractivity contribution in [3.8, 4) is 5.75 Å². The number of nitrogens with zero attached hydrogens (tertiary/aromatic N) is 2. The van der Waals surface area contributed by atoms with Crippen molar-refractivity contribution in [2.45, 2.75) is 6.61 Å². The van der Waals surface area contributed by atoms with Crippen LogP contribution in [0.4, 0.5) is 9.52 Å². The summed E-state index contributed by atoms with van der Waals surface area (Å²) in [6.07, 6.45) is 0. The van der Waals surface area contributed by atoms with Crippen molar-refractivity contribution in [3.05, 3.63) is 33.5 Å². The van der Waals surface area contributed by atoms with Gasteiger partial charge in [0.25, 0.3) is 0 Å². The third kappa shape index (κ3) is 3.13. The van der Waals surface area contributed by atoms with Crippen LogP contribution in [0, 0.1) is 5.82 Å². The van der Waals surface area contributed by atoms with E-state index in [9.17, 15) is 4.39 Å². The number of aromatic nitrogens is 2. The van der Waals surface area contributed by atoms with Crippen molar-refractivity contribution in [3.63, 3.8) is 0 Å². The number of ether oxygens (including phenoxy) is 1. The first-order valence-corrected chi connectivity index (χ1v) is 6.38. The summed E-state index contributed by atoms with van der Waals surface area (Å²) in [5.41, 5.74) is 0. The molecule has 0 fully saturated rings. The van der Waals surface area contributed by atoms with E-state index in [-0.39, 0.29) is 12.4 Å². The van der Waals surface area contributed by atoms with Crippen molar-refractivity contribution in [2.75, 3.05) is 12.4 Å². The van der Waals surface area contributed by atoms with Gasteiger partial charge < -0.3 is 10.1 Å². The maximum atomic E-state index is 13.0. The second-order valence-electron chi connectivity index (χ2n) is 3.11. The Morgan fingerprint density at radius 2 is 2.29 bits per heavy atom. The van der Waals surface area contributed by atoms with E-state index in [1.165, 1.54) is 23.5 Å². The van der Waals surface area contributed by atoms with Gasteiger partial charge in [-0.1, -0.05) is 11.3 Å². The maximum absolute atomic E-state index is 13.0. The van der Waals surface area contributed by atoms with Crippen molar-refractivity contribution < 1.29 is 9.13 Å². The zero-order valence-corrected chi connectivity index (χ0v) is 11.3. The molecule has 1 aromatic carbocycles. The lowest BCUT2D eigenvalue weighted by Crippen LogP contribution is -1.96. The summed E-state index contributed by atoms with van der Waals surface area (Å²) in [7, 11) is 1.77. The Morgan fingerprint density at radius 3 is 3.00 bits per heavy atom. The molecule has 17 heavy (non-hydrogen) atoms. The molecule has 1 N–H and O–H groups in total. The molecule has 4 nitrogen and oxygen atoms in total. The predicted octanol–water partition coefficient (Wildman–Crippen LogP) is 3.06. The minimum Gasteiger partial charge on any atom is -0.485 e. The number of nitrogens with one attached hydrogen (secondary N) is 1. The van der Waals surface area contributed by atoms with Gasteiger partial charge in [-0.05, 0) is 28.1 Å². The van der Waals surface area contributed by atoms with Gasteiger partial charge >= 0.3 is 0 Å². The molecule has 0 atom stereocenters. The highest BCUT2D eigenvalue weighted by atomic mass is 79.9. The average Bonchev–Trinajstić information content (AvgIpc) is 2.78. The van der Waals surface area contributed by atoms with Crippen molar-refractivity contribution in [2.24, 2.45) is 0 Å². The number of anilines is 1. The van der Waals surface area contributed by atoms with Gasteiger partial charge in [0.05, 0.1) is 4.47 Å². The summed E-state index contributed by atoms with van der Waals surface area (Å²) in [5.74, 6) is 0.114. The Balaban J connectivity index is 2.04. The van der Waals surface area contributed by atoms with Crippen LogP contribution in [0.25, 0.3) is 0 Å². The molecular weight excluding hydrogens is 309 g/mol. The summed E-state index contributed by atoms with van der Waals surface area (Å²) >= 11 is 4.68. The number of rotatable bonds is 4. The average molecular weight is 318 g/mol.